The van der Waals surface area contributed by atoms with E-state index in [1.165, 1.54) is 24.4 Å². The molecule has 13 nitrogen and oxygen atoms in total. The van der Waals surface area contributed by atoms with Gasteiger partial charge in [-0.3, -0.25) is 10.1 Å². The molecule has 0 aliphatic carbocycles. The maximum atomic E-state index is 12.7. The van der Waals surface area contributed by atoms with Gasteiger partial charge in [0.2, 0.25) is 17.8 Å². The number of nitrogens with one attached hydrogen (secondary N) is 3. The first-order chi connectivity index (χ1) is 21.5. The van der Waals surface area contributed by atoms with E-state index in [2.05, 4.69) is 36.1 Å². The Morgan fingerprint density at radius 3 is 2.07 bits per heavy atom. The summed E-state index contributed by atoms with van der Waals surface area (Å²) in [7, 11) is 0. The number of carbonyl (C=O) groups is 1. The molecule has 44 heavy (non-hydrogen) atoms. The van der Waals surface area contributed by atoms with Gasteiger partial charge in [0, 0.05) is 23.5 Å². The first-order valence-electron chi connectivity index (χ1n) is 13.4. The van der Waals surface area contributed by atoms with Crippen LogP contribution in [0.1, 0.15) is 22.8 Å². The molecule has 0 aliphatic heterocycles. The summed E-state index contributed by atoms with van der Waals surface area (Å²) in [6.07, 6.45) is 1.52. The summed E-state index contributed by atoms with van der Waals surface area (Å²) < 4.78 is 11.2. The quantitative estimate of drug-likeness (QED) is 0.0488. The summed E-state index contributed by atoms with van der Waals surface area (Å²) in [5.41, 5.74) is 4.87. The number of nitro groups is 1. The molecular formula is C31H26N8O5. The van der Waals surface area contributed by atoms with E-state index in [0.29, 0.717) is 29.8 Å². The zero-order valence-electron chi connectivity index (χ0n) is 23.4. The van der Waals surface area contributed by atoms with Crippen LogP contribution in [0.5, 0.6) is 11.5 Å². The van der Waals surface area contributed by atoms with Crippen molar-refractivity contribution in [2.24, 2.45) is 5.10 Å². The van der Waals surface area contributed by atoms with Crippen molar-refractivity contribution in [1.29, 1.82) is 0 Å². The normalized spacial score (nSPS) is 10.7. The highest BCUT2D eigenvalue weighted by molar-refractivity contribution is 5.92. The second-order valence-electron chi connectivity index (χ2n) is 8.99. The molecule has 5 rings (SSSR count). The average molecular weight is 591 g/mol. The number of aromatic nitrogens is 3. The lowest BCUT2D eigenvalue weighted by atomic mass is 10.2. The largest absolute Gasteiger partial charge is 0.490 e. The van der Waals surface area contributed by atoms with Crippen molar-refractivity contribution in [3.8, 4) is 11.5 Å². The van der Waals surface area contributed by atoms with E-state index in [-0.39, 0.29) is 22.9 Å². The van der Waals surface area contributed by atoms with Gasteiger partial charge >= 0.3 is 5.97 Å². The number of rotatable bonds is 12. The highest BCUT2D eigenvalue weighted by Gasteiger charge is 2.16. The Kier molecular flexibility index (Phi) is 9.27. The van der Waals surface area contributed by atoms with Crippen molar-refractivity contribution in [3.63, 3.8) is 0 Å². The second-order valence-corrected chi connectivity index (χ2v) is 8.99. The number of ether oxygens (including phenoxy) is 2. The van der Waals surface area contributed by atoms with Crippen LogP contribution in [0.2, 0.25) is 0 Å². The van der Waals surface area contributed by atoms with Gasteiger partial charge in [-0.05, 0) is 61.0 Å². The Morgan fingerprint density at radius 1 is 0.818 bits per heavy atom. The minimum Gasteiger partial charge on any atom is -0.490 e. The number of nitrogens with zero attached hydrogens (tertiary/aromatic N) is 5. The number of hydrazone groups is 1. The summed E-state index contributed by atoms with van der Waals surface area (Å²) in [4.78, 5) is 36.5. The molecule has 0 atom stereocenters. The molecule has 4 aromatic carbocycles. The number of hydrogen-bond acceptors (Lipinski definition) is 12. The lowest BCUT2D eigenvalue weighted by molar-refractivity contribution is -0.384. The molecule has 0 radical (unpaired) electrons. The van der Waals surface area contributed by atoms with Crippen LogP contribution in [0.25, 0.3) is 0 Å². The van der Waals surface area contributed by atoms with Crippen molar-refractivity contribution >= 4 is 47.1 Å². The molecule has 13 heteroatoms. The van der Waals surface area contributed by atoms with Crippen LogP contribution in [-0.4, -0.2) is 38.7 Å². The maximum Gasteiger partial charge on any atom is 0.343 e. The van der Waals surface area contributed by atoms with Crippen LogP contribution in [0.3, 0.4) is 0 Å². The number of para-hydroxylation sites is 2. The lowest BCUT2D eigenvalue weighted by Crippen LogP contribution is -2.10. The van der Waals surface area contributed by atoms with Gasteiger partial charge in [-0.1, -0.05) is 42.5 Å². The molecule has 0 fully saturated rings. The van der Waals surface area contributed by atoms with Crippen molar-refractivity contribution in [3.05, 3.63) is 124 Å². The monoisotopic (exact) mass is 590 g/mol. The van der Waals surface area contributed by atoms with Crippen molar-refractivity contribution in [2.75, 3.05) is 22.7 Å². The Bertz CT molecular complexity index is 1730. The van der Waals surface area contributed by atoms with Crippen molar-refractivity contribution < 1.29 is 19.2 Å². The van der Waals surface area contributed by atoms with Gasteiger partial charge in [-0.2, -0.15) is 20.1 Å². The fraction of sp³-hybridized carbons (Fsp3) is 0.0645. The lowest BCUT2D eigenvalue weighted by Gasteiger charge is -2.11. The minimum absolute atomic E-state index is 0.0380. The van der Waals surface area contributed by atoms with E-state index in [1.54, 1.807) is 25.1 Å². The number of non-ortho nitro benzene ring substituents is 1. The van der Waals surface area contributed by atoms with E-state index < -0.39 is 10.9 Å². The smallest absolute Gasteiger partial charge is 0.343 e. The number of carbonyl (C=O) groups excluding carboxylic acids is 1. The minimum atomic E-state index is -0.757. The molecule has 1 aromatic heterocycles. The molecule has 0 bridgehead atoms. The van der Waals surface area contributed by atoms with Gasteiger partial charge in [0.1, 0.15) is 0 Å². The van der Waals surface area contributed by atoms with Crippen LogP contribution in [-0.2, 0) is 0 Å². The average Bonchev–Trinajstić information content (AvgIpc) is 3.03. The van der Waals surface area contributed by atoms with Gasteiger partial charge in [0.05, 0.1) is 23.3 Å². The second kappa shape index (κ2) is 14.0. The molecule has 0 saturated heterocycles. The third-order valence-electron chi connectivity index (χ3n) is 5.84. The fourth-order valence-corrected chi connectivity index (χ4v) is 3.87. The van der Waals surface area contributed by atoms with Gasteiger partial charge in [0.25, 0.3) is 5.69 Å². The molecule has 0 aliphatic rings. The van der Waals surface area contributed by atoms with E-state index in [9.17, 15) is 14.9 Å². The van der Waals surface area contributed by atoms with Gasteiger partial charge in [0.15, 0.2) is 11.5 Å². The number of nitro benzene ring substituents is 1. The highest BCUT2D eigenvalue weighted by atomic mass is 16.6. The summed E-state index contributed by atoms with van der Waals surface area (Å²) in [5, 5.41) is 21.6. The summed E-state index contributed by atoms with van der Waals surface area (Å²) in [5.74, 6) is 0.470. The van der Waals surface area contributed by atoms with E-state index in [0.717, 1.165) is 17.4 Å². The predicted molar refractivity (Wildman–Crippen MR) is 166 cm³/mol. The van der Waals surface area contributed by atoms with Gasteiger partial charge in [-0.15, -0.1) is 0 Å². The van der Waals surface area contributed by atoms with Crippen LogP contribution in [0.4, 0.5) is 34.9 Å². The Labute approximate surface area is 251 Å². The standard InChI is InChI=1S/C31H26N8O5/c1-2-43-27-18-21(16-17-26(27)44-28(40)22-10-9-15-25(19-22)39(41)42)20-32-38-31-36-29(33-23-11-5-3-6-12-23)35-30(37-31)34-24-13-7-4-8-14-24/h3-20H,2H2,1H3,(H3,33,34,35,36,37,38). The Morgan fingerprint density at radius 2 is 1.45 bits per heavy atom. The molecule has 220 valence electrons. The Balaban J connectivity index is 1.33. The SMILES string of the molecule is CCOc1cc(C=NNc2nc(Nc3ccccc3)nc(Nc3ccccc3)n2)ccc1OC(=O)c1cccc([N+](=O)[O-])c1. The molecule has 5 aromatic rings. The highest BCUT2D eigenvalue weighted by Crippen LogP contribution is 2.29. The number of benzene rings is 4. The molecule has 0 amide bonds. The topological polar surface area (TPSA) is 166 Å². The third-order valence-corrected chi connectivity index (χ3v) is 5.84. The molecule has 1 heterocycles. The van der Waals surface area contributed by atoms with Gasteiger partial charge in [-0.25, -0.2) is 10.2 Å². The van der Waals surface area contributed by atoms with Crippen LogP contribution < -0.4 is 25.5 Å². The molecule has 0 saturated carbocycles. The first kappa shape index (κ1) is 29.1. The fourth-order valence-electron chi connectivity index (χ4n) is 3.87. The van der Waals surface area contributed by atoms with Crippen LogP contribution in [0, 0.1) is 10.1 Å². The molecule has 0 spiro atoms. The molecule has 3 N–H and O–H groups in total. The number of anilines is 5. The molecular weight excluding hydrogens is 564 g/mol. The summed E-state index contributed by atoms with van der Waals surface area (Å²) >= 11 is 0. The van der Waals surface area contributed by atoms with Crippen molar-refractivity contribution in [1.82, 2.24) is 15.0 Å². The van der Waals surface area contributed by atoms with E-state index in [1.807, 2.05) is 60.7 Å². The zero-order valence-corrected chi connectivity index (χ0v) is 23.4. The summed E-state index contributed by atoms with van der Waals surface area (Å²) in [6, 6.07) is 29.1. The van der Waals surface area contributed by atoms with Crippen molar-refractivity contribution in [2.45, 2.75) is 6.92 Å². The maximum absolute atomic E-state index is 12.7. The van der Waals surface area contributed by atoms with Crippen LogP contribution in [0.15, 0.2) is 108 Å². The molecule has 0 unspecified atom stereocenters. The Hall–Kier alpha value is -6.37. The zero-order chi connectivity index (χ0) is 30.7. The summed E-state index contributed by atoms with van der Waals surface area (Å²) in [6.45, 7) is 2.09. The van der Waals surface area contributed by atoms with E-state index in [4.69, 9.17) is 9.47 Å². The third kappa shape index (κ3) is 7.88. The first-order valence-corrected chi connectivity index (χ1v) is 13.4. The predicted octanol–water partition coefficient (Wildman–Crippen LogP) is 6.33. The van der Waals surface area contributed by atoms with Gasteiger partial charge < -0.3 is 20.1 Å². The number of esters is 1. The number of hydrogen-bond donors (Lipinski definition) is 3. The van der Waals surface area contributed by atoms with E-state index >= 15 is 0 Å². The van der Waals surface area contributed by atoms with Crippen LogP contribution >= 0.6 is 0 Å².